The van der Waals surface area contributed by atoms with Crippen LogP contribution in [-0.4, -0.2) is 30.6 Å². The fourth-order valence-electron chi connectivity index (χ4n) is 2.41. The average molecular weight is 247 g/mol. The molecule has 0 radical (unpaired) electrons. The van der Waals surface area contributed by atoms with Crippen LogP contribution < -0.4 is 11.1 Å². The maximum absolute atomic E-state index is 12.1. The predicted molar refractivity (Wildman–Crippen MR) is 73.5 cm³/mol. The number of urea groups is 1. The summed E-state index contributed by atoms with van der Waals surface area (Å²) >= 11 is 0. The second-order valence-corrected chi connectivity index (χ2v) is 4.98. The highest BCUT2D eigenvalue weighted by Gasteiger charge is 2.25. The Labute approximate surface area is 108 Å². The number of anilines is 1. The molecule has 1 unspecified atom stereocenters. The van der Waals surface area contributed by atoms with Gasteiger partial charge in [-0.15, -0.1) is 0 Å². The monoisotopic (exact) mass is 247 g/mol. The van der Waals surface area contributed by atoms with Gasteiger partial charge in [0.2, 0.25) is 0 Å². The summed E-state index contributed by atoms with van der Waals surface area (Å²) in [6.07, 6.45) is 2.08. The highest BCUT2D eigenvalue weighted by Crippen LogP contribution is 2.20. The number of nitrogens with one attached hydrogen (secondary N) is 1. The minimum Gasteiger partial charge on any atom is -0.330 e. The number of rotatable bonds is 3. The quantitative estimate of drug-likeness (QED) is 0.860. The Balaban J connectivity index is 1.89. The Hall–Kier alpha value is -1.55. The molecule has 2 amide bonds. The molecule has 0 bridgehead atoms. The van der Waals surface area contributed by atoms with E-state index in [1.54, 1.807) is 0 Å². The first-order chi connectivity index (χ1) is 8.69. The lowest BCUT2D eigenvalue weighted by molar-refractivity contribution is 0.220. The van der Waals surface area contributed by atoms with E-state index in [-0.39, 0.29) is 6.03 Å². The van der Waals surface area contributed by atoms with E-state index in [1.807, 2.05) is 36.1 Å². The van der Waals surface area contributed by atoms with E-state index in [4.69, 9.17) is 5.73 Å². The molecule has 0 aliphatic carbocycles. The summed E-state index contributed by atoms with van der Waals surface area (Å²) in [5.74, 6) is 0.568. The van der Waals surface area contributed by atoms with E-state index >= 15 is 0 Å². The van der Waals surface area contributed by atoms with E-state index in [9.17, 15) is 4.79 Å². The van der Waals surface area contributed by atoms with Crippen LogP contribution in [0.4, 0.5) is 10.5 Å². The Bertz CT molecular complexity index is 419. The van der Waals surface area contributed by atoms with E-state index in [1.165, 1.54) is 0 Å². The maximum Gasteiger partial charge on any atom is 0.321 e. The minimum absolute atomic E-state index is 0.000112. The number of likely N-dealkylation sites (tertiary alicyclic amines) is 1. The molecule has 0 aromatic heterocycles. The summed E-state index contributed by atoms with van der Waals surface area (Å²) in [7, 11) is 0. The second-order valence-electron chi connectivity index (χ2n) is 4.98. The standard InChI is InChI=1S/C14H21N3O/c1-11-3-2-4-13(9-11)16-14(18)17-8-6-12(10-17)5-7-15/h2-4,9,12H,5-8,10,15H2,1H3,(H,16,18). The van der Waals surface area contributed by atoms with Crippen molar-refractivity contribution in [1.82, 2.24) is 4.90 Å². The zero-order valence-corrected chi connectivity index (χ0v) is 10.9. The molecule has 1 fully saturated rings. The number of benzene rings is 1. The van der Waals surface area contributed by atoms with Gasteiger partial charge in [0, 0.05) is 18.8 Å². The number of aryl methyl sites for hydroxylation is 1. The summed E-state index contributed by atoms with van der Waals surface area (Å²) in [6, 6.07) is 7.86. The molecule has 1 aromatic rings. The summed E-state index contributed by atoms with van der Waals surface area (Å²) in [5.41, 5.74) is 7.56. The molecule has 1 heterocycles. The van der Waals surface area contributed by atoms with Gasteiger partial charge in [0.1, 0.15) is 0 Å². The van der Waals surface area contributed by atoms with Gasteiger partial charge < -0.3 is 16.0 Å². The van der Waals surface area contributed by atoms with Gasteiger partial charge in [0.15, 0.2) is 0 Å². The van der Waals surface area contributed by atoms with Gasteiger partial charge in [0.05, 0.1) is 0 Å². The number of carbonyl (C=O) groups is 1. The third kappa shape index (κ3) is 3.23. The summed E-state index contributed by atoms with van der Waals surface area (Å²) in [4.78, 5) is 13.9. The average Bonchev–Trinajstić information content (AvgIpc) is 2.78. The van der Waals surface area contributed by atoms with E-state index < -0.39 is 0 Å². The van der Waals surface area contributed by atoms with Crippen molar-refractivity contribution >= 4 is 11.7 Å². The van der Waals surface area contributed by atoms with Gasteiger partial charge in [-0.25, -0.2) is 4.79 Å². The van der Waals surface area contributed by atoms with Crippen LogP contribution in [0, 0.1) is 12.8 Å². The van der Waals surface area contributed by atoms with E-state index in [0.717, 1.165) is 37.2 Å². The Kier molecular flexibility index (Phi) is 4.20. The lowest BCUT2D eigenvalue weighted by Gasteiger charge is -2.17. The third-order valence-corrected chi connectivity index (χ3v) is 3.42. The topological polar surface area (TPSA) is 58.4 Å². The number of amides is 2. The second kappa shape index (κ2) is 5.87. The fraction of sp³-hybridized carbons (Fsp3) is 0.500. The van der Waals surface area contributed by atoms with Crippen LogP contribution in [0.3, 0.4) is 0 Å². The number of hydrogen-bond donors (Lipinski definition) is 2. The van der Waals surface area contributed by atoms with Crippen molar-refractivity contribution in [2.24, 2.45) is 11.7 Å². The zero-order valence-electron chi connectivity index (χ0n) is 10.9. The van der Waals surface area contributed by atoms with Crippen molar-refractivity contribution in [1.29, 1.82) is 0 Å². The van der Waals surface area contributed by atoms with Gasteiger partial charge in [-0.1, -0.05) is 12.1 Å². The first kappa shape index (κ1) is 12.9. The Morgan fingerprint density at radius 1 is 1.56 bits per heavy atom. The molecule has 98 valence electrons. The van der Waals surface area contributed by atoms with Crippen molar-refractivity contribution in [3.05, 3.63) is 29.8 Å². The van der Waals surface area contributed by atoms with Gasteiger partial charge in [0.25, 0.3) is 0 Å². The fourth-order valence-corrected chi connectivity index (χ4v) is 2.41. The smallest absolute Gasteiger partial charge is 0.321 e. The molecule has 1 atom stereocenters. The van der Waals surface area contributed by atoms with Crippen LogP contribution in [0.5, 0.6) is 0 Å². The molecule has 1 aliphatic heterocycles. The normalized spacial score (nSPS) is 19.0. The zero-order chi connectivity index (χ0) is 13.0. The predicted octanol–water partition coefficient (Wildman–Crippen LogP) is 2.20. The minimum atomic E-state index is 0.000112. The number of carbonyl (C=O) groups excluding carboxylic acids is 1. The first-order valence-corrected chi connectivity index (χ1v) is 6.51. The van der Waals surface area contributed by atoms with Gasteiger partial charge >= 0.3 is 6.03 Å². The number of hydrogen-bond acceptors (Lipinski definition) is 2. The molecule has 2 rings (SSSR count). The van der Waals surface area contributed by atoms with E-state index in [0.29, 0.717) is 12.5 Å². The van der Waals surface area contributed by atoms with Crippen LogP contribution in [0.2, 0.25) is 0 Å². The van der Waals surface area contributed by atoms with Gasteiger partial charge in [-0.05, 0) is 49.9 Å². The van der Waals surface area contributed by atoms with Crippen molar-refractivity contribution in [2.75, 3.05) is 25.0 Å². The molecule has 3 N–H and O–H groups in total. The summed E-state index contributed by atoms with van der Waals surface area (Å²) in [5, 5.41) is 2.94. The first-order valence-electron chi connectivity index (χ1n) is 6.51. The van der Waals surface area contributed by atoms with E-state index in [2.05, 4.69) is 5.32 Å². The molecule has 0 saturated carbocycles. The van der Waals surface area contributed by atoms with Gasteiger partial charge in [-0.3, -0.25) is 0 Å². The van der Waals surface area contributed by atoms with Crippen LogP contribution in [0.1, 0.15) is 18.4 Å². The molecule has 4 nitrogen and oxygen atoms in total. The summed E-state index contributed by atoms with van der Waals surface area (Å²) in [6.45, 7) is 4.39. The van der Waals surface area contributed by atoms with Crippen molar-refractivity contribution in [3.63, 3.8) is 0 Å². The third-order valence-electron chi connectivity index (χ3n) is 3.42. The maximum atomic E-state index is 12.1. The van der Waals surface area contributed by atoms with Crippen LogP contribution in [0.25, 0.3) is 0 Å². The molecule has 1 saturated heterocycles. The lowest BCUT2D eigenvalue weighted by atomic mass is 10.1. The Morgan fingerprint density at radius 2 is 2.39 bits per heavy atom. The highest BCUT2D eigenvalue weighted by atomic mass is 16.2. The van der Waals surface area contributed by atoms with Crippen molar-refractivity contribution < 1.29 is 4.79 Å². The van der Waals surface area contributed by atoms with Crippen LogP contribution in [-0.2, 0) is 0 Å². The number of nitrogens with zero attached hydrogens (tertiary/aromatic N) is 1. The molecular weight excluding hydrogens is 226 g/mol. The molecule has 4 heteroatoms. The summed E-state index contributed by atoms with van der Waals surface area (Å²) < 4.78 is 0. The molecule has 18 heavy (non-hydrogen) atoms. The molecule has 1 aliphatic rings. The number of nitrogens with two attached hydrogens (primary N) is 1. The Morgan fingerprint density at radius 3 is 3.11 bits per heavy atom. The van der Waals surface area contributed by atoms with Crippen LogP contribution in [0.15, 0.2) is 24.3 Å². The molecule has 0 spiro atoms. The van der Waals surface area contributed by atoms with Gasteiger partial charge in [-0.2, -0.15) is 0 Å². The van der Waals surface area contributed by atoms with Crippen molar-refractivity contribution in [2.45, 2.75) is 19.8 Å². The largest absolute Gasteiger partial charge is 0.330 e. The van der Waals surface area contributed by atoms with Crippen LogP contribution >= 0.6 is 0 Å². The molecule has 1 aromatic carbocycles. The highest BCUT2D eigenvalue weighted by molar-refractivity contribution is 5.89. The molecular formula is C14H21N3O. The SMILES string of the molecule is Cc1cccc(NC(=O)N2CCC(CCN)C2)c1. The van der Waals surface area contributed by atoms with Crippen molar-refractivity contribution in [3.8, 4) is 0 Å². The lowest BCUT2D eigenvalue weighted by Crippen LogP contribution is -2.33.